The number of rotatable bonds is 9. The van der Waals surface area contributed by atoms with Crippen molar-refractivity contribution in [2.24, 2.45) is 5.14 Å². The fourth-order valence-electron chi connectivity index (χ4n) is 5.35. The molecule has 2 atom stereocenters. The molecule has 0 bridgehead atoms. The second-order valence-corrected chi connectivity index (χ2v) is 14.2. The van der Waals surface area contributed by atoms with Crippen molar-refractivity contribution in [1.82, 2.24) is 14.6 Å². The van der Waals surface area contributed by atoms with E-state index < -0.39 is 31.8 Å². The van der Waals surface area contributed by atoms with Crippen molar-refractivity contribution >= 4 is 30.9 Å². The lowest BCUT2D eigenvalue weighted by Gasteiger charge is -2.38. The molecule has 222 valence electrons. The van der Waals surface area contributed by atoms with Crippen molar-refractivity contribution in [2.75, 3.05) is 32.8 Å². The Balaban J connectivity index is 1.12. The number of primary sulfonamides is 1. The number of hydrogen-bond donors (Lipinski definition) is 4. The molecule has 0 aliphatic carbocycles. The van der Waals surface area contributed by atoms with Crippen LogP contribution in [0.4, 0.5) is 0 Å². The van der Waals surface area contributed by atoms with Crippen LogP contribution < -0.4 is 15.2 Å². The van der Waals surface area contributed by atoms with Crippen LogP contribution in [0.5, 0.6) is 11.5 Å². The van der Waals surface area contributed by atoms with Crippen molar-refractivity contribution in [3.63, 3.8) is 0 Å². The molecule has 1 aromatic heterocycles. The van der Waals surface area contributed by atoms with E-state index in [9.17, 15) is 27.0 Å². The minimum Gasteiger partial charge on any atom is -0.506 e. The molecule has 0 unspecified atom stereocenters. The minimum atomic E-state index is -3.95. The molecule has 0 amide bonds. The van der Waals surface area contributed by atoms with E-state index in [0.717, 1.165) is 5.56 Å². The Labute approximate surface area is 239 Å². The maximum atomic E-state index is 13.4. The van der Waals surface area contributed by atoms with Gasteiger partial charge in [-0.25, -0.2) is 22.0 Å². The fraction of sp³-hybridized carbons (Fsp3) is 0.444. The zero-order chi connectivity index (χ0) is 29.4. The van der Waals surface area contributed by atoms with E-state index in [-0.39, 0.29) is 53.6 Å². The second kappa shape index (κ2) is 11.4. The average molecular weight is 607 g/mol. The van der Waals surface area contributed by atoms with Gasteiger partial charge in [0.25, 0.3) is 0 Å². The summed E-state index contributed by atoms with van der Waals surface area (Å²) in [4.78, 5) is 3.99. The van der Waals surface area contributed by atoms with Crippen LogP contribution in [0.1, 0.15) is 24.8 Å². The number of aliphatic hydroxyl groups excluding tert-OH is 1. The van der Waals surface area contributed by atoms with Crippen LogP contribution in [0.25, 0.3) is 10.9 Å². The molecular weight excluding hydrogens is 572 g/mol. The summed E-state index contributed by atoms with van der Waals surface area (Å²) in [5.41, 5.74) is 1.02. The standard InChI is InChI=1S/C27H34N4O8S2/c1-18-5-6-23-24(11-18)30-15-25(26(23)33)41(36,37)31-9-7-27(8-10-31)13-19(16-39-27)29-14-20(32)17-38-21-3-2-4-22(12-21)40(28,34)35/h2-6,11-12,15,19-20,29,32H,7-10,13-14,16-17H2,1H3,(H,30,33)(H2,28,34,35)/t19-,20+/m1/s1. The normalized spacial score (nSPS) is 20.4. The number of aliphatic hydroxyl groups is 1. The maximum absolute atomic E-state index is 13.4. The van der Waals surface area contributed by atoms with Gasteiger partial charge in [-0.15, -0.1) is 0 Å². The molecule has 1 spiro atoms. The highest BCUT2D eigenvalue weighted by molar-refractivity contribution is 7.89. The second-order valence-electron chi connectivity index (χ2n) is 10.7. The number of sulfonamides is 2. The first-order chi connectivity index (χ1) is 19.4. The zero-order valence-corrected chi connectivity index (χ0v) is 24.2. The number of benzene rings is 2. The highest BCUT2D eigenvalue weighted by Gasteiger charge is 2.45. The number of fused-ring (bicyclic) bond motifs is 1. The summed E-state index contributed by atoms with van der Waals surface area (Å²) in [7, 11) is -7.81. The molecule has 2 saturated heterocycles. The smallest absolute Gasteiger partial charge is 0.248 e. The third-order valence-corrected chi connectivity index (χ3v) is 10.5. The van der Waals surface area contributed by atoms with Crippen molar-refractivity contribution in [3.05, 3.63) is 54.2 Å². The number of nitrogens with zero attached hydrogens (tertiary/aromatic N) is 2. The Morgan fingerprint density at radius 2 is 1.95 bits per heavy atom. The average Bonchev–Trinajstić information content (AvgIpc) is 3.32. The number of nitrogens with two attached hydrogens (primary N) is 1. The molecule has 41 heavy (non-hydrogen) atoms. The molecule has 2 fully saturated rings. The first-order valence-corrected chi connectivity index (χ1v) is 16.2. The van der Waals surface area contributed by atoms with Gasteiger partial charge in [-0.05, 0) is 56.0 Å². The summed E-state index contributed by atoms with van der Waals surface area (Å²) in [5, 5.41) is 29.9. The van der Waals surface area contributed by atoms with Crippen LogP contribution in [0.15, 0.2) is 58.5 Å². The molecule has 14 heteroatoms. The van der Waals surface area contributed by atoms with E-state index in [1.165, 1.54) is 28.7 Å². The van der Waals surface area contributed by atoms with E-state index >= 15 is 0 Å². The van der Waals surface area contributed by atoms with Gasteiger partial charge in [0.2, 0.25) is 20.0 Å². The molecule has 5 N–H and O–H groups in total. The number of pyridine rings is 1. The Hall–Kier alpha value is -2.85. The molecule has 3 heterocycles. The Bertz CT molecular complexity index is 1640. The number of nitrogens with one attached hydrogen (secondary N) is 1. The van der Waals surface area contributed by atoms with Crippen molar-refractivity contribution in [3.8, 4) is 11.5 Å². The lowest BCUT2D eigenvalue weighted by Crippen LogP contribution is -2.47. The maximum Gasteiger partial charge on any atom is 0.248 e. The molecule has 0 saturated carbocycles. The molecule has 0 radical (unpaired) electrons. The van der Waals surface area contributed by atoms with Gasteiger partial charge in [0.15, 0.2) is 0 Å². The summed E-state index contributed by atoms with van der Waals surface area (Å²) in [6.45, 7) is 2.99. The van der Waals surface area contributed by atoms with Crippen molar-refractivity contribution < 1.29 is 36.5 Å². The van der Waals surface area contributed by atoms with E-state index in [2.05, 4.69) is 10.3 Å². The zero-order valence-electron chi connectivity index (χ0n) is 22.6. The summed E-state index contributed by atoms with van der Waals surface area (Å²) in [6, 6.07) is 11.0. The van der Waals surface area contributed by atoms with Crippen molar-refractivity contribution in [2.45, 2.75) is 53.7 Å². The molecular formula is C27H34N4O8S2. The van der Waals surface area contributed by atoms with Crippen LogP contribution in [0.2, 0.25) is 0 Å². The van der Waals surface area contributed by atoms with Gasteiger partial charge in [-0.1, -0.05) is 12.1 Å². The summed E-state index contributed by atoms with van der Waals surface area (Å²) >= 11 is 0. The van der Waals surface area contributed by atoms with Crippen LogP contribution in [-0.4, -0.2) is 86.9 Å². The van der Waals surface area contributed by atoms with E-state index in [4.69, 9.17) is 14.6 Å². The first kappa shape index (κ1) is 29.6. The van der Waals surface area contributed by atoms with Gasteiger partial charge in [0.05, 0.1) is 28.8 Å². The molecule has 5 rings (SSSR count). The third-order valence-electron chi connectivity index (χ3n) is 7.64. The van der Waals surface area contributed by atoms with E-state index in [0.29, 0.717) is 36.8 Å². The van der Waals surface area contributed by atoms with E-state index in [1.54, 1.807) is 24.3 Å². The highest BCUT2D eigenvalue weighted by atomic mass is 32.2. The predicted octanol–water partition coefficient (Wildman–Crippen LogP) is 1.24. The predicted molar refractivity (Wildman–Crippen MR) is 151 cm³/mol. The number of aromatic nitrogens is 1. The SMILES string of the molecule is Cc1ccc2c(O)c(S(=O)(=O)N3CCC4(CC3)C[C@@H](NC[C@H](O)COc3cccc(S(N)(=O)=O)c3)CO4)cnc2c1. The van der Waals surface area contributed by atoms with Gasteiger partial charge in [-0.3, -0.25) is 4.98 Å². The summed E-state index contributed by atoms with van der Waals surface area (Å²) in [5.74, 6) is -0.0142. The minimum absolute atomic E-state index is 0.0318. The van der Waals surface area contributed by atoms with Gasteiger partial charge in [0.1, 0.15) is 29.1 Å². The molecule has 2 aromatic carbocycles. The summed E-state index contributed by atoms with van der Waals surface area (Å²) in [6.07, 6.45) is 2.01. The van der Waals surface area contributed by atoms with Crippen LogP contribution in [-0.2, 0) is 24.8 Å². The highest BCUT2D eigenvalue weighted by Crippen LogP contribution is 2.39. The number of aromatic hydroxyl groups is 1. The van der Waals surface area contributed by atoms with Crippen LogP contribution in [0.3, 0.4) is 0 Å². The topological polar surface area (TPSA) is 181 Å². The largest absolute Gasteiger partial charge is 0.506 e. The number of aryl methyl sites for hydroxylation is 1. The lowest BCUT2D eigenvalue weighted by molar-refractivity contribution is -0.0312. The van der Waals surface area contributed by atoms with Crippen LogP contribution >= 0.6 is 0 Å². The van der Waals surface area contributed by atoms with Gasteiger partial charge in [0, 0.05) is 37.1 Å². The molecule has 2 aliphatic rings. The monoisotopic (exact) mass is 606 g/mol. The number of piperidine rings is 1. The molecule has 2 aliphatic heterocycles. The number of ether oxygens (including phenoxy) is 2. The van der Waals surface area contributed by atoms with Crippen molar-refractivity contribution in [1.29, 1.82) is 0 Å². The van der Waals surface area contributed by atoms with Gasteiger partial charge < -0.3 is 25.0 Å². The fourth-order valence-corrected chi connectivity index (χ4v) is 7.38. The number of hydrogen-bond acceptors (Lipinski definition) is 10. The van der Waals surface area contributed by atoms with E-state index in [1.807, 2.05) is 6.92 Å². The van der Waals surface area contributed by atoms with Gasteiger partial charge >= 0.3 is 0 Å². The lowest BCUT2D eigenvalue weighted by atomic mass is 9.88. The Kier molecular flexibility index (Phi) is 8.27. The first-order valence-electron chi connectivity index (χ1n) is 13.3. The molecule has 3 aromatic rings. The summed E-state index contributed by atoms with van der Waals surface area (Å²) < 4.78 is 62.8. The van der Waals surface area contributed by atoms with Gasteiger partial charge in [-0.2, -0.15) is 4.31 Å². The third kappa shape index (κ3) is 6.48. The quantitative estimate of drug-likeness (QED) is 0.277. The Morgan fingerprint density at radius 3 is 2.68 bits per heavy atom. The molecule has 12 nitrogen and oxygen atoms in total. The van der Waals surface area contributed by atoms with Crippen LogP contribution in [0, 0.1) is 6.92 Å². The Morgan fingerprint density at radius 1 is 1.20 bits per heavy atom.